The highest BCUT2D eigenvalue weighted by atomic mass is 32.2. The highest BCUT2D eigenvalue weighted by Crippen LogP contribution is 2.41. The van der Waals surface area contributed by atoms with Gasteiger partial charge in [0.2, 0.25) is 0 Å². The topological polar surface area (TPSA) is 46.2 Å². The summed E-state index contributed by atoms with van der Waals surface area (Å²) in [5.74, 6) is 1.32. The van der Waals surface area contributed by atoms with Crippen molar-refractivity contribution in [2.45, 2.75) is 37.1 Å². The molecule has 2 rings (SSSR count). The molecule has 0 aliphatic heterocycles. The molecule has 0 heterocycles. The number of benzene rings is 1. The maximum atomic E-state index is 9.46. The summed E-state index contributed by atoms with van der Waals surface area (Å²) in [5, 5.41) is 9.46. The summed E-state index contributed by atoms with van der Waals surface area (Å²) in [6.07, 6.45) is 2.34. The number of rotatable bonds is 5. The van der Waals surface area contributed by atoms with Gasteiger partial charge in [0, 0.05) is 10.6 Å². The van der Waals surface area contributed by atoms with E-state index in [2.05, 4.69) is 32.0 Å². The van der Waals surface area contributed by atoms with E-state index in [1.165, 1.54) is 28.9 Å². The standard InChI is InChI=1S/C14H21NOS/c1-10-3-4-11(2)13(7-10)17-9-14(15,8-16)12-5-6-12/h3-4,7,12,16H,5-6,8-9,15H2,1-2H3. The molecule has 1 aliphatic carbocycles. The third-order valence-electron chi connectivity index (χ3n) is 3.52. The Balaban J connectivity index is 2.03. The molecule has 0 spiro atoms. The fraction of sp³-hybridized carbons (Fsp3) is 0.571. The normalized spacial score (nSPS) is 19.1. The zero-order chi connectivity index (χ0) is 12.5. The summed E-state index contributed by atoms with van der Waals surface area (Å²) in [5.41, 5.74) is 8.44. The van der Waals surface area contributed by atoms with Crippen LogP contribution in [0.2, 0.25) is 0 Å². The van der Waals surface area contributed by atoms with E-state index in [4.69, 9.17) is 5.73 Å². The highest BCUT2D eigenvalue weighted by Gasteiger charge is 2.41. The average Bonchev–Trinajstić information content (AvgIpc) is 3.14. The van der Waals surface area contributed by atoms with Crippen molar-refractivity contribution in [3.8, 4) is 0 Å². The van der Waals surface area contributed by atoms with Gasteiger partial charge >= 0.3 is 0 Å². The molecular weight excluding hydrogens is 230 g/mol. The summed E-state index contributed by atoms with van der Waals surface area (Å²) in [6, 6.07) is 6.47. The minimum absolute atomic E-state index is 0.0928. The van der Waals surface area contributed by atoms with Gasteiger partial charge in [-0.2, -0.15) is 0 Å². The van der Waals surface area contributed by atoms with Gasteiger partial charge in [0.25, 0.3) is 0 Å². The van der Waals surface area contributed by atoms with Crippen LogP contribution in [-0.2, 0) is 0 Å². The maximum absolute atomic E-state index is 9.46. The zero-order valence-electron chi connectivity index (χ0n) is 10.6. The quantitative estimate of drug-likeness (QED) is 0.790. The van der Waals surface area contributed by atoms with E-state index in [1.54, 1.807) is 11.8 Å². The molecule has 3 heteroatoms. The van der Waals surface area contributed by atoms with E-state index in [9.17, 15) is 5.11 Å². The van der Waals surface area contributed by atoms with Crippen molar-refractivity contribution in [2.75, 3.05) is 12.4 Å². The first kappa shape index (κ1) is 12.9. The minimum Gasteiger partial charge on any atom is -0.394 e. The number of aliphatic hydroxyl groups excluding tert-OH is 1. The van der Waals surface area contributed by atoms with Crippen LogP contribution in [0.4, 0.5) is 0 Å². The molecule has 1 atom stereocenters. The summed E-state index contributed by atoms with van der Waals surface area (Å²) in [4.78, 5) is 1.29. The second-order valence-electron chi connectivity index (χ2n) is 5.22. The largest absolute Gasteiger partial charge is 0.394 e. The molecule has 1 aliphatic rings. The van der Waals surface area contributed by atoms with Crippen molar-refractivity contribution < 1.29 is 5.11 Å². The Hall–Kier alpha value is -0.510. The number of hydrogen-bond acceptors (Lipinski definition) is 3. The Kier molecular flexibility index (Phi) is 3.81. The van der Waals surface area contributed by atoms with Gasteiger partial charge in [-0.05, 0) is 44.2 Å². The zero-order valence-corrected chi connectivity index (χ0v) is 11.4. The first-order valence-corrected chi connectivity index (χ1v) is 7.13. The van der Waals surface area contributed by atoms with E-state index in [-0.39, 0.29) is 12.1 Å². The van der Waals surface area contributed by atoms with Gasteiger partial charge in [0.1, 0.15) is 0 Å². The average molecular weight is 251 g/mol. The van der Waals surface area contributed by atoms with Crippen LogP contribution >= 0.6 is 11.8 Å². The number of aryl methyl sites for hydroxylation is 2. The SMILES string of the molecule is Cc1ccc(C)c(SCC(N)(CO)C2CC2)c1. The first-order chi connectivity index (χ1) is 8.05. The van der Waals surface area contributed by atoms with Crippen molar-refractivity contribution in [1.29, 1.82) is 0 Å². The van der Waals surface area contributed by atoms with E-state index < -0.39 is 0 Å². The molecule has 0 aromatic heterocycles. The number of nitrogens with two attached hydrogens (primary N) is 1. The second-order valence-corrected chi connectivity index (χ2v) is 6.24. The van der Waals surface area contributed by atoms with Crippen LogP contribution in [0.5, 0.6) is 0 Å². The molecule has 1 fully saturated rings. The molecular formula is C14H21NOS. The van der Waals surface area contributed by atoms with E-state index in [0.29, 0.717) is 5.92 Å². The molecule has 0 amide bonds. The number of thioether (sulfide) groups is 1. The lowest BCUT2D eigenvalue weighted by Gasteiger charge is -2.27. The predicted octanol–water partition coefficient (Wildman–Crippen LogP) is 2.50. The summed E-state index contributed by atoms with van der Waals surface area (Å²) in [7, 11) is 0. The van der Waals surface area contributed by atoms with E-state index in [0.717, 1.165) is 5.75 Å². The molecule has 0 radical (unpaired) electrons. The van der Waals surface area contributed by atoms with Crippen LogP contribution in [0.3, 0.4) is 0 Å². The van der Waals surface area contributed by atoms with Crippen LogP contribution in [0.1, 0.15) is 24.0 Å². The lowest BCUT2D eigenvalue weighted by Crippen LogP contribution is -2.48. The lowest BCUT2D eigenvalue weighted by molar-refractivity contribution is 0.194. The molecule has 1 aromatic rings. The van der Waals surface area contributed by atoms with Crippen molar-refractivity contribution in [3.63, 3.8) is 0 Å². The minimum atomic E-state index is -0.388. The van der Waals surface area contributed by atoms with Crippen LogP contribution in [0.15, 0.2) is 23.1 Å². The van der Waals surface area contributed by atoms with Crippen molar-refractivity contribution >= 4 is 11.8 Å². The lowest BCUT2D eigenvalue weighted by atomic mass is 9.99. The van der Waals surface area contributed by atoms with Gasteiger partial charge in [-0.1, -0.05) is 17.7 Å². The Morgan fingerprint density at radius 1 is 1.41 bits per heavy atom. The van der Waals surface area contributed by atoms with E-state index in [1.807, 2.05) is 0 Å². The van der Waals surface area contributed by atoms with Crippen LogP contribution < -0.4 is 5.73 Å². The van der Waals surface area contributed by atoms with Crippen molar-refractivity contribution in [3.05, 3.63) is 29.3 Å². The monoisotopic (exact) mass is 251 g/mol. The first-order valence-electron chi connectivity index (χ1n) is 6.15. The highest BCUT2D eigenvalue weighted by molar-refractivity contribution is 7.99. The van der Waals surface area contributed by atoms with Gasteiger partial charge in [-0.3, -0.25) is 0 Å². The fourth-order valence-electron chi connectivity index (χ4n) is 2.03. The van der Waals surface area contributed by atoms with Crippen molar-refractivity contribution in [2.24, 2.45) is 11.7 Å². The molecule has 0 bridgehead atoms. The van der Waals surface area contributed by atoms with Gasteiger partial charge in [0.05, 0.1) is 12.1 Å². The second kappa shape index (κ2) is 5.01. The smallest absolute Gasteiger partial charge is 0.0622 e. The third-order valence-corrected chi connectivity index (χ3v) is 4.96. The Labute approximate surface area is 108 Å². The maximum Gasteiger partial charge on any atom is 0.0622 e. The molecule has 1 unspecified atom stereocenters. The van der Waals surface area contributed by atoms with Crippen LogP contribution in [0.25, 0.3) is 0 Å². The van der Waals surface area contributed by atoms with Gasteiger partial charge in [-0.25, -0.2) is 0 Å². The molecule has 0 saturated heterocycles. The molecule has 94 valence electrons. The molecule has 2 nitrogen and oxygen atoms in total. The third kappa shape index (κ3) is 3.03. The van der Waals surface area contributed by atoms with E-state index >= 15 is 0 Å². The molecule has 1 saturated carbocycles. The van der Waals surface area contributed by atoms with Gasteiger partial charge < -0.3 is 10.8 Å². The van der Waals surface area contributed by atoms with Crippen LogP contribution in [0, 0.1) is 19.8 Å². The van der Waals surface area contributed by atoms with Gasteiger partial charge in [0.15, 0.2) is 0 Å². The molecule has 17 heavy (non-hydrogen) atoms. The summed E-state index contributed by atoms with van der Waals surface area (Å²) >= 11 is 1.78. The fourth-order valence-corrected chi connectivity index (χ4v) is 3.34. The summed E-state index contributed by atoms with van der Waals surface area (Å²) < 4.78 is 0. The summed E-state index contributed by atoms with van der Waals surface area (Å²) in [6.45, 7) is 4.32. The predicted molar refractivity (Wildman–Crippen MR) is 73.4 cm³/mol. The van der Waals surface area contributed by atoms with Crippen LogP contribution in [-0.4, -0.2) is 23.0 Å². The van der Waals surface area contributed by atoms with Gasteiger partial charge in [-0.15, -0.1) is 11.8 Å². The molecule has 3 N–H and O–H groups in total. The molecule has 1 aromatic carbocycles. The number of aliphatic hydroxyl groups is 1. The Morgan fingerprint density at radius 3 is 2.71 bits per heavy atom. The Bertz CT molecular complexity index is 403. The van der Waals surface area contributed by atoms with Crippen molar-refractivity contribution in [1.82, 2.24) is 0 Å². The Morgan fingerprint density at radius 2 is 2.12 bits per heavy atom. The number of hydrogen-bond donors (Lipinski definition) is 2.